The van der Waals surface area contributed by atoms with Crippen LogP contribution in [0.15, 0.2) is 18.2 Å². The summed E-state index contributed by atoms with van der Waals surface area (Å²) in [4.78, 5) is 0. The van der Waals surface area contributed by atoms with Crippen LogP contribution in [0.25, 0.3) is 0 Å². The molecule has 0 heterocycles. The van der Waals surface area contributed by atoms with Crippen LogP contribution >= 0.6 is 23.2 Å². The largest absolute Gasteiger partial charge is 0.388 e. The van der Waals surface area contributed by atoms with Gasteiger partial charge in [0.25, 0.3) is 0 Å². The lowest BCUT2D eigenvalue weighted by Gasteiger charge is -2.12. The van der Waals surface area contributed by atoms with Crippen molar-refractivity contribution in [3.8, 4) is 0 Å². The van der Waals surface area contributed by atoms with Crippen LogP contribution in [0.2, 0.25) is 10.0 Å². The van der Waals surface area contributed by atoms with Crippen molar-refractivity contribution < 1.29 is 13.5 Å². The maximum atomic E-state index is 11.3. The first-order chi connectivity index (χ1) is 8.35. The Morgan fingerprint density at radius 2 is 2.00 bits per heavy atom. The number of sulfone groups is 1. The molecule has 0 aliphatic rings. The maximum absolute atomic E-state index is 11.3. The molecular weight excluding hydrogens is 295 g/mol. The van der Waals surface area contributed by atoms with Crippen LogP contribution in [-0.4, -0.2) is 25.0 Å². The molecule has 0 aliphatic heterocycles. The molecule has 0 amide bonds. The first-order valence-electron chi connectivity index (χ1n) is 5.69. The molecule has 1 unspecified atom stereocenters. The highest BCUT2D eigenvalue weighted by molar-refractivity contribution is 7.91. The lowest BCUT2D eigenvalue weighted by molar-refractivity contribution is 0.167. The van der Waals surface area contributed by atoms with Crippen LogP contribution in [0.5, 0.6) is 0 Å². The van der Waals surface area contributed by atoms with Gasteiger partial charge < -0.3 is 5.11 Å². The van der Waals surface area contributed by atoms with E-state index < -0.39 is 15.9 Å². The van der Waals surface area contributed by atoms with Crippen LogP contribution < -0.4 is 0 Å². The predicted octanol–water partition coefficient (Wildman–Crippen LogP) is 3.24. The summed E-state index contributed by atoms with van der Waals surface area (Å²) in [6.07, 6.45) is 0.0125. The molecule has 0 bridgehead atoms. The molecule has 1 N–H and O–H groups in total. The zero-order valence-corrected chi connectivity index (χ0v) is 12.4. The van der Waals surface area contributed by atoms with Gasteiger partial charge >= 0.3 is 0 Å². The van der Waals surface area contributed by atoms with Crippen molar-refractivity contribution in [1.82, 2.24) is 0 Å². The van der Waals surface area contributed by atoms with E-state index in [1.54, 1.807) is 25.1 Å². The maximum Gasteiger partial charge on any atom is 0.150 e. The molecule has 1 atom stereocenters. The Bertz CT molecular complexity index is 500. The second-order valence-corrected chi connectivity index (χ2v) is 7.38. The van der Waals surface area contributed by atoms with Crippen molar-refractivity contribution >= 4 is 33.0 Å². The van der Waals surface area contributed by atoms with Gasteiger partial charge in [0, 0.05) is 15.8 Å². The van der Waals surface area contributed by atoms with Crippen molar-refractivity contribution in [2.45, 2.75) is 25.9 Å². The summed E-state index contributed by atoms with van der Waals surface area (Å²) < 4.78 is 22.6. The number of halogens is 2. The molecule has 3 nitrogen and oxygen atoms in total. The van der Waals surface area contributed by atoms with Gasteiger partial charge in [0.2, 0.25) is 0 Å². The minimum Gasteiger partial charge on any atom is -0.388 e. The fourth-order valence-electron chi connectivity index (χ4n) is 1.57. The Balaban J connectivity index is 2.58. The first-order valence-corrected chi connectivity index (χ1v) is 8.27. The Kier molecular flexibility index (Phi) is 5.92. The Morgan fingerprint density at radius 3 is 2.56 bits per heavy atom. The molecule has 0 radical (unpaired) electrons. The van der Waals surface area contributed by atoms with Crippen molar-refractivity contribution in [3.05, 3.63) is 33.8 Å². The van der Waals surface area contributed by atoms with Gasteiger partial charge in [-0.05, 0) is 30.5 Å². The van der Waals surface area contributed by atoms with E-state index in [1.807, 2.05) is 0 Å². The standard InChI is InChI=1S/C12H16Cl2O3S/c1-2-18(16,17)7-3-4-12(15)10-6-5-9(13)8-11(10)14/h5-6,8,12,15H,2-4,7H2,1H3. The number of aliphatic hydroxyl groups is 1. The number of aliphatic hydroxyl groups excluding tert-OH is 1. The molecular formula is C12H16Cl2O3S. The predicted molar refractivity (Wildman–Crippen MR) is 75.0 cm³/mol. The Hall–Kier alpha value is -0.290. The fraction of sp³-hybridized carbons (Fsp3) is 0.500. The summed E-state index contributed by atoms with van der Waals surface area (Å²) in [5.41, 5.74) is 0.579. The number of benzene rings is 1. The van der Waals surface area contributed by atoms with Gasteiger partial charge in [-0.3, -0.25) is 0 Å². The zero-order valence-electron chi connectivity index (χ0n) is 10.1. The molecule has 0 spiro atoms. The summed E-state index contributed by atoms with van der Waals surface area (Å²) in [6, 6.07) is 4.86. The molecule has 1 aromatic carbocycles. The highest BCUT2D eigenvalue weighted by Crippen LogP contribution is 2.28. The topological polar surface area (TPSA) is 54.4 Å². The summed E-state index contributed by atoms with van der Waals surface area (Å²) in [5.74, 6) is 0.219. The Morgan fingerprint density at radius 1 is 1.33 bits per heavy atom. The third-order valence-electron chi connectivity index (χ3n) is 2.69. The molecule has 1 aromatic rings. The second kappa shape index (κ2) is 6.75. The highest BCUT2D eigenvalue weighted by Gasteiger charge is 2.14. The van der Waals surface area contributed by atoms with Crippen molar-refractivity contribution in [3.63, 3.8) is 0 Å². The first kappa shape index (κ1) is 15.8. The zero-order chi connectivity index (χ0) is 13.8. The van der Waals surface area contributed by atoms with Crippen LogP contribution in [0.3, 0.4) is 0 Å². The van der Waals surface area contributed by atoms with E-state index in [2.05, 4.69) is 0 Å². The van der Waals surface area contributed by atoms with Crippen LogP contribution in [0, 0.1) is 0 Å². The summed E-state index contributed by atoms with van der Waals surface area (Å²) in [7, 11) is -2.98. The van der Waals surface area contributed by atoms with Gasteiger partial charge in [-0.15, -0.1) is 0 Å². The lowest BCUT2D eigenvalue weighted by Crippen LogP contribution is -2.10. The molecule has 6 heteroatoms. The third-order valence-corrected chi connectivity index (χ3v) is 5.05. The average molecular weight is 311 g/mol. The van der Waals surface area contributed by atoms with Crippen molar-refractivity contribution in [2.24, 2.45) is 0 Å². The average Bonchev–Trinajstić information content (AvgIpc) is 2.28. The van der Waals surface area contributed by atoms with Gasteiger partial charge in [0.15, 0.2) is 0 Å². The van der Waals surface area contributed by atoms with E-state index >= 15 is 0 Å². The molecule has 0 fully saturated rings. The molecule has 0 aromatic heterocycles. The van der Waals surface area contributed by atoms with Gasteiger partial charge in [-0.2, -0.15) is 0 Å². The Labute approximate surface area is 118 Å². The van der Waals surface area contributed by atoms with Crippen LogP contribution in [0.4, 0.5) is 0 Å². The third kappa shape index (κ3) is 4.76. The van der Waals surface area contributed by atoms with E-state index in [-0.39, 0.29) is 11.5 Å². The molecule has 1 rings (SSSR count). The summed E-state index contributed by atoms with van der Waals surface area (Å²) in [6.45, 7) is 1.61. The number of hydrogen-bond donors (Lipinski definition) is 1. The van der Waals surface area contributed by atoms with E-state index in [1.165, 1.54) is 0 Å². The van der Waals surface area contributed by atoms with E-state index in [0.29, 0.717) is 28.5 Å². The summed E-state index contributed by atoms with van der Waals surface area (Å²) in [5, 5.41) is 10.8. The molecule has 0 saturated carbocycles. The minimum atomic E-state index is -2.98. The van der Waals surface area contributed by atoms with Gasteiger partial charge in [-0.1, -0.05) is 36.2 Å². The van der Waals surface area contributed by atoms with Crippen LogP contribution in [-0.2, 0) is 9.84 Å². The number of rotatable bonds is 6. The smallest absolute Gasteiger partial charge is 0.150 e. The summed E-state index contributed by atoms with van der Waals surface area (Å²) >= 11 is 11.7. The highest BCUT2D eigenvalue weighted by atomic mass is 35.5. The molecule has 0 aliphatic carbocycles. The van der Waals surface area contributed by atoms with E-state index in [9.17, 15) is 13.5 Å². The second-order valence-electron chi connectivity index (χ2n) is 4.06. The van der Waals surface area contributed by atoms with Gasteiger partial charge in [0.05, 0.1) is 11.9 Å². The van der Waals surface area contributed by atoms with Gasteiger partial charge in [0.1, 0.15) is 9.84 Å². The lowest BCUT2D eigenvalue weighted by atomic mass is 10.1. The number of hydrogen-bond acceptors (Lipinski definition) is 3. The minimum absolute atomic E-state index is 0.0891. The van der Waals surface area contributed by atoms with E-state index in [0.717, 1.165) is 0 Å². The fourth-order valence-corrected chi connectivity index (χ4v) is 3.00. The van der Waals surface area contributed by atoms with Gasteiger partial charge in [-0.25, -0.2) is 8.42 Å². The van der Waals surface area contributed by atoms with Crippen LogP contribution in [0.1, 0.15) is 31.4 Å². The molecule has 102 valence electrons. The van der Waals surface area contributed by atoms with Crippen molar-refractivity contribution in [2.75, 3.05) is 11.5 Å². The van der Waals surface area contributed by atoms with Crippen molar-refractivity contribution in [1.29, 1.82) is 0 Å². The van der Waals surface area contributed by atoms with E-state index in [4.69, 9.17) is 23.2 Å². The molecule has 18 heavy (non-hydrogen) atoms. The normalized spacial score (nSPS) is 13.6. The molecule has 0 saturated heterocycles. The SMILES string of the molecule is CCS(=O)(=O)CCCC(O)c1ccc(Cl)cc1Cl. The monoisotopic (exact) mass is 310 g/mol. The quantitative estimate of drug-likeness (QED) is 0.877.